The summed E-state index contributed by atoms with van der Waals surface area (Å²) < 4.78 is 18.7. The van der Waals surface area contributed by atoms with Gasteiger partial charge in [0.05, 0.1) is 10.6 Å². The van der Waals surface area contributed by atoms with Crippen molar-refractivity contribution in [1.82, 2.24) is 4.37 Å². The van der Waals surface area contributed by atoms with E-state index >= 15 is 0 Å². The van der Waals surface area contributed by atoms with Crippen molar-refractivity contribution in [1.29, 1.82) is 0 Å². The first-order valence-electron chi connectivity index (χ1n) is 7.33. The molecule has 3 nitrogen and oxygen atoms in total. The van der Waals surface area contributed by atoms with E-state index in [-0.39, 0.29) is 24.1 Å². The van der Waals surface area contributed by atoms with Gasteiger partial charge in [-0.25, -0.2) is 4.39 Å². The monoisotopic (exact) mass is 324 g/mol. The quantitative estimate of drug-likeness (QED) is 0.758. The number of benzene rings is 2. The number of nitrogens with zero attached hydrogens (tertiary/aromatic N) is 1. The van der Waals surface area contributed by atoms with Crippen molar-refractivity contribution in [2.45, 2.75) is 12.3 Å². The zero-order valence-corrected chi connectivity index (χ0v) is 12.9. The summed E-state index contributed by atoms with van der Waals surface area (Å²) in [5.41, 5.74) is 2.96. The van der Waals surface area contributed by atoms with Crippen molar-refractivity contribution < 1.29 is 9.18 Å². The van der Waals surface area contributed by atoms with Crippen molar-refractivity contribution >= 4 is 23.1 Å². The molecule has 0 saturated carbocycles. The van der Waals surface area contributed by atoms with Crippen LogP contribution in [0.25, 0.3) is 11.3 Å². The molecule has 1 aliphatic rings. The van der Waals surface area contributed by atoms with Crippen molar-refractivity contribution in [3.8, 4) is 11.3 Å². The van der Waals surface area contributed by atoms with E-state index in [4.69, 9.17) is 0 Å². The molecule has 0 aliphatic carbocycles. The molecule has 0 fully saturated rings. The zero-order chi connectivity index (χ0) is 15.8. The summed E-state index contributed by atoms with van der Waals surface area (Å²) in [5, 5.41) is 2.91. The van der Waals surface area contributed by atoms with E-state index in [1.54, 1.807) is 18.2 Å². The molecule has 114 valence electrons. The van der Waals surface area contributed by atoms with Gasteiger partial charge in [-0.3, -0.25) is 4.79 Å². The van der Waals surface area contributed by atoms with E-state index in [1.165, 1.54) is 17.6 Å². The second kappa shape index (κ2) is 5.59. The van der Waals surface area contributed by atoms with Crippen LogP contribution in [0.4, 0.5) is 10.1 Å². The van der Waals surface area contributed by atoms with Crippen LogP contribution in [0.3, 0.4) is 0 Å². The maximum atomic E-state index is 14.2. The Labute approximate surface area is 137 Å². The highest BCUT2D eigenvalue weighted by Gasteiger charge is 2.32. The van der Waals surface area contributed by atoms with Crippen LogP contribution in [0, 0.1) is 5.82 Å². The lowest BCUT2D eigenvalue weighted by atomic mass is 9.89. The molecule has 1 unspecified atom stereocenters. The standard InChI is InChI=1S/C18H13FN2OS/c19-14-9-5-4-8-12(14)13-10-15(22)20-17-16(21-23-18(13)17)11-6-2-1-3-7-11/h1-9,13H,10H2,(H,20,22). The molecule has 1 atom stereocenters. The van der Waals surface area contributed by atoms with Crippen molar-refractivity contribution in [2.24, 2.45) is 0 Å². The third kappa shape index (κ3) is 2.43. The Kier molecular flexibility index (Phi) is 3.42. The summed E-state index contributed by atoms with van der Waals surface area (Å²) in [5.74, 6) is -0.675. The summed E-state index contributed by atoms with van der Waals surface area (Å²) in [6, 6.07) is 16.3. The first-order chi connectivity index (χ1) is 11.2. The minimum Gasteiger partial charge on any atom is -0.323 e. The number of halogens is 1. The number of rotatable bonds is 2. The predicted octanol–water partition coefficient (Wildman–Crippen LogP) is 4.42. The van der Waals surface area contributed by atoms with Gasteiger partial charge in [0.15, 0.2) is 0 Å². The van der Waals surface area contributed by atoms with Gasteiger partial charge < -0.3 is 5.32 Å². The summed E-state index contributed by atoms with van der Waals surface area (Å²) in [7, 11) is 0. The number of fused-ring (bicyclic) bond motifs is 1. The van der Waals surface area contributed by atoms with E-state index in [0.29, 0.717) is 11.3 Å². The molecule has 4 rings (SSSR count). The summed E-state index contributed by atoms with van der Waals surface area (Å²) in [6.45, 7) is 0. The number of carbonyl (C=O) groups excluding carboxylic acids is 1. The van der Waals surface area contributed by atoms with Crippen LogP contribution in [0.2, 0.25) is 0 Å². The van der Waals surface area contributed by atoms with Crippen LogP contribution in [-0.2, 0) is 4.79 Å². The van der Waals surface area contributed by atoms with Crippen LogP contribution in [0.15, 0.2) is 54.6 Å². The number of aromatic nitrogens is 1. The number of anilines is 1. The number of amides is 1. The fourth-order valence-corrected chi connectivity index (χ4v) is 3.89. The Balaban J connectivity index is 1.85. The van der Waals surface area contributed by atoms with E-state index in [2.05, 4.69) is 9.69 Å². The Hall–Kier alpha value is -2.53. The fourth-order valence-electron chi connectivity index (χ4n) is 2.93. The highest BCUT2D eigenvalue weighted by atomic mass is 32.1. The van der Waals surface area contributed by atoms with E-state index < -0.39 is 0 Å². The number of hydrogen-bond donors (Lipinski definition) is 1. The third-order valence-corrected chi connectivity index (χ3v) is 4.98. The number of nitrogens with one attached hydrogen (secondary N) is 1. The molecular weight excluding hydrogens is 311 g/mol. The Morgan fingerprint density at radius 3 is 2.61 bits per heavy atom. The minimum atomic E-state index is -0.284. The largest absolute Gasteiger partial charge is 0.323 e. The highest BCUT2D eigenvalue weighted by Crippen LogP contribution is 2.45. The maximum Gasteiger partial charge on any atom is 0.225 e. The lowest BCUT2D eigenvalue weighted by Crippen LogP contribution is -2.23. The molecule has 1 amide bonds. The maximum absolute atomic E-state index is 14.2. The van der Waals surface area contributed by atoms with Gasteiger partial charge in [0, 0.05) is 17.9 Å². The molecule has 0 bridgehead atoms. The first-order valence-corrected chi connectivity index (χ1v) is 8.10. The Morgan fingerprint density at radius 2 is 1.83 bits per heavy atom. The Bertz CT molecular complexity index is 876. The van der Waals surface area contributed by atoms with Gasteiger partial charge in [-0.15, -0.1) is 0 Å². The van der Waals surface area contributed by atoms with E-state index in [1.807, 2.05) is 30.3 Å². The van der Waals surface area contributed by atoms with Crippen LogP contribution >= 0.6 is 11.5 Å². The average Bonchev–Trinajstić information content (AvgIpc) is 2.99. The zero-order valence-electron chi connectivity index (χ0n) is 12.1. The molecule has 2 heterocycles. The van der Waals surface area contributed by atoms with Gasteiger partial charge >= 0.3 is 0 Å². The molecule has 1 N–H and O–H groups in total. The molecule has 5 heteroatoms. The topological polar surface area (TPSA) is 42.0 Å². The highest BCUT2D eigenvalue weighted by molar-refractivity contribution is 7.07. The number of carbonyl (C=O) groups is 1. The SMILES string of the molecule is O=C1CC(c2ccccc2F)c2snc(-c3ccccc3)c2N1. The molecule has 23 heavy (non-hydrogen) atoms. The van der Waals surface area contributed by atoms with Crippen LogP contribution in [0.5, 0.6) is 0 Å². The summed E-state index contributed by atoms with van der Waals surface area (Å²) in [6.07, 6.45) is 0.240. The third-order valence-electron chi connectivity index (χ3n) is 4.02. The van der Waals surface area contributed by atoms with Crippen LogP contribution < -0.4 is 5.32 Å². The van der Waals surface area contributed by atoms with E-state index in [9.17, 15) is 9.18 Å². The summed E-state index contributed by atoms with van der Waals surface area (Å²) in [4.78, 5) is 13.1. The van der Waals surface area contributed by atoms with Gasteiger partial charge in [0.2, 0.25) is 5.91 Å². The number of hydrogen-bond acceptors (Lipinski definition) is 3. The van der Waals surface area contributed by atoms with Crippen LogP contribution in [0.1, 0.15) is 22.8 Å². The molecule has 0 radical (unpaired) electrons. The van der Waals surface area contributed by atoms with Crippen molar-refractivity contribution in [3.63, 3.8) is 0 Å². The predicted molar refractivity (Wildman–Crippen MR) is 89.0 cm³/mol. The second-order valence-electron chi connectivity index (χ2n) is 5.46. The van der Waals surface area contributed by atoms with Crippen LogP contribution in [-0.4, -0.2) is 10.3 Å². The van der Waals surface area contributed by atoms with Crippen molar-refractivity contribution in [2.75, 3.05) is 5.32 Å². The molecule has 3 aromatic rings. The molecular formula is C18H13FN2OS. The normalized spacial score (nSPS) is 16.7. The smallest absolute Gasteiger partial charge is 0.225 e. The molecule has 1 aromatic heterocycles. The lowest BCUT2D eigenvalue weighted by molar-refractivity contribution is -0.116. The fraction of sp³-hybridized carbons (Fsp3) is 0.111. The van der Waals surface area contributed by atoms with Gasteiger partial charge in [-0.1, -0.05) is 48.5 Å². The lowest BCUT2D eigenvalue weighted by Gasteiger charge is -2.23. The molecule has 0 saturated heterocycles. The average molecular weight is 324 g/mol. The minimum absolute atomic E-state index is 0.108. The molecule has 0 spiro atoms. The van der Waals surface area contributed by atoms with Gasteiger partial charge in [0.1, 0.15) is 11.5 Å². The van der Waals surface area contributed by atoms with Crippen molar-refractivity contribution in [3.05, 3.63) is 70.9 Å². The Morgan fingerprint density at radius 1 is 1.09 bits per heavy atom. The second-order valence-corrected chi connectivity index (χ2v) is 6.27. The van der Waals surface area contributed by atoms with E-state index in [0.717, 1.165) is 16.1 Å². The van der Waals surface area contributed by atoms with Gasteiger partial charge in [-0.05, 0) is 23.2 Å². The van der Waals surface area contributed by atoms with Gasteiger partial charge in [0.25, 0.3) is 0 Å². The van der Waals surface area contributed by atoms with Gasteiger partial charge in [-0.2, -0.15) is 4.37 Å². The first kappa shape index (κ1) is 14.1. The summed E-state index contributed by atoms with van der Waals surface area (Å²) >= 11 is 1.33. The molecule has 2 aromatic carbocycles. The molecule has 1 aliphatic heterocycles.